The van der Waals surface area contributed by atoms with Crippen LogP contribution in [-0.2, 0) is 16.1 Å². The van der Waals surface area contributed by atoms with Crippen molar-refractivity contribution in [2.45, 2.75) is 32.4 Å². The Morgan fingerprint density at radius 1 is 1.14 bits per heavy atom. The Morgan fingerprint density at radius 3 is 2.66 bits per heavy atom. The number of piperidine rings is 1. The lowest BCUT2D eigenvalue weighted by Crippen LogP contribution is -2.49. The smallest absolute Gasteiger partial charge is 0.331 e. The molecule has 2 aliphatic rings. The lowest BCUT2D eigenvalue weighted by atomic mass is 10.0. The summed E-state index contributed by atoms with van der Waals surface area (Å²) in [6.07, 6.45) is 1.88. The number of carbonyl (C=O) groups excluding carboxylic acids is 2. The van der Waals surface area contributed by atoms with Gasteiger partial charge < -0.3 is 15.0 Å². The van der Waals surface area contributed by atoms with E-state index in [0.717, 1.165) is 43.7 Å². The fourth-order valence-electron chi connectivity index (χ4n) is 4.02. The third-order valence-electron chi connectivity index (χ3n) is 5.54. The minimum atomic E-state index is -0.330. The summed E-state index contributed by atoms with van der Waals surface area (Å²) in [5.74, 6) is 0.144. The van der Waals surface area contributed by atoms with Gasteiger partial charge in [-0.2, -0.15) is 0 Å². The molecule has 2 aliphatic heterocycles. The van der Waals surface area contributed by atoms with Crippen molar-refractivity contribution in [3.05, 3.63) is 59.7 Å². The van der Waals surface area contributed by atoms with Gasteiger partial charge in [-0.1, -0.05) is 36.4 Å². The average molecular weight is 393 g/mol. The van der Waals surface area contributed by atoms with Crippen molar-refractivity contribution in [2.75, 3.05) is 31.1 Å². The summed E-state index contributed by atoms with van der Waals surface area (Å²) in [7, 11) is 0. The SMILES string of the molecule is Cc1ccc2c(c1)N(CC(=O)NC1CCN(Cc3ccccc3)CC1)CC(=O)O2. The van der Waals surface area contributed by atoms with Gasteiger partial charge in [0.05, 0.1) is 12.2 Å². The molecule has 2 aromatic carbocycles. The number of nitrogens with one attached hydrogen (secondary N) is 1. The molecular formula is C23H27N3O3. The van der Waals surface area contributed by atoms with Crippen molar-refractivity contribution in [3.8, 4) is 5.75 Å². The zero-order valence-electron chi connectivity index (χ0n) is 16.8. The molecule has 0 aliphatic carbocycles. The monoisotopic (exact) mass is 393 g/mol. The van der Waals surface area contributed by atoms with Gasteiger partial charge in [0.2, 0.25) is 5.91 Å². The molecule has 2 heterocycles. The fraction of sp³-hybridized carbons (Fsp3) is 0.391. The van der Waals surface area contributed by atoms with Gasteiger partial charge in [-0.3, -0.25) is 9.69 Å². The summed E-state index contributed by atoms with van der Waals surface area (Å²) in [5.41, 5.74) is 3.19. The van der Waals surface area contributed by atoms with Crippen LogP contribution in [-0.4, -0.2) is 49.0 Å². The summed E-state index contributed by atoms with van der Waals surface area (Å²) in [4.78, 5) is 28.7. The Balaban J connectivity index is 1.29. The number of rotatable bonds is 5. The molecule has 0 atom stereocenters. The predicted molar refractivity (Wildman–Crippen MR) is 112 cm³/mol. The molecule has 1 N–H and O–H groups in total. The quantitative estimate of drug-likeness (QED) is 0.625. The van der Waals surface area contributed by atoms with E-state index >= 15 is 0 Å². The van der Waals surface area contributed by atoms with Crippen LogP contribution < -0.4 is 15.0 Å². The summed E-state index contributed by atoms with van der Waals surface area (Å²) in [6.45, 7) is 5.14. The number of benzene rings is 2. The molecule has 4 rings (SSSR count). The van der Waals surface area contributed by atoms with Crippen molar-refractivity contribution < 1.29 is 14.3 Å². The van der Waals surface area contributed by atoms with E-state index in [2.05, 4.69) is 34.5 Å². The van der Waals surface area contributed by atoms with Crippen LogP contribution in [0.25, 0.3) is 0 Å². The number of hydrogen-bond donors (Lipinski definition) is 1. The molecule has 1 amide bonds. The van der Waals surface area contributed by atoms with Crippen molar-refractivity contribution in [2.24, 2.45) is 0 Å². The number of hydrogen-bond acceptors (Lipinski definition) is 5. The first-order valence-corrected chi connectivity index (χ1v) is 10.2. The third kappa shape index (κ3) is 4.95. The van der Waals surface area contributed by atoms with Gasteiger partial charge in [0.25, 0.3) is 0 Å². The largest absolute Gasteiger partial charge is 0.423 e. The van der Waals surface area contributed by atoms with Crippen LogP contribution >= 0.6 is 0 Å². The Morgan fingerprint density at radius 2 is 1.90 bits per heavy atom. The summed E-state index contributed by atoms with van der Waals surface area (Å²) in [5, 5.41) is 3.15. The number of anilines is 1. The molecule has 6 nitrogen and oxygen atoms in total. The molecule has 0 unspecified atom stereocenters. The molecule has 0 saturated carbocycles. The average Bonchev–Trinajstić information content (AvgIpc) is 2.71. The highest BCUT2D eigenvalue weighted by molar-refractivity contribution is 5.89. The highest BCUT2D eigenvalue weighted by Crippen LogP contribution is 2.32. The third-order valence-corrected chi connectivity index (χ3v) is 5.54. The number of likely N-dealkylation sites (tertiary alicyclic amines) is 1. The maximum Gasteiger partial charge on any atom is 0.331 e. The first-order valence-electron chi connectivity index (χ1n) is 10.2. The van der Waals surface area contributed by atoms with Gasteiger partial charge in [0.1, 0.15) is 6.54 Å². The van der Waals surface area contributed by atoms with Crippen LogP contribution in [0.1, 0.15) is 24.0 Å². The van der Waals surface area contributed by atoms with E-state index in [-0.39, 0.29) is 31.0 Å². The molecule has 29 heavy (non-hydrogen) atoms. The first kappa shape index (κ1) is 19.5. The van der Waals surface area contributed by atoms with Gasteiger partial charge in [0.15, 0.2) is 5.75 Å². The Hall–Kier alpha value is -2.86. The van der Waals surface area contributed by atoms with Gasteiger partial charge >= 0.3 is 5.97 Å². The van der Waals surface area contributed by atoms with Crippen LogP contribution in [0.3, 0.4) is 0 Å². The molecule has 1 fully saturated rings. The molecule has 0 aromatic heterocycles. The van der Waals surface area contributed by atoms with Crippen molar-refractivity contribution >= 4 is 17.6 Å². The van der Waals surface area contributed by atoms with Crippen LogP contribution in [0.15, 0.2) is 48.5 Å². The van der Waals surface area contributed by atoms with Gasteiger partial charge in [-0.15, -0.1) is 0 Å². The van der Waals surface area contributed by atoms with Crippen LogP contribution in [0, 0.1) is 6.92 Å². The highest BCUT2D eigenvalue weighted by Gasteiger charge is 2.27. The van der Waals surface area contributed by atoms with Crippen molar-refractivity contribution in [1.29, 1.82) is 0 Å². The normalized spacial score (nSPS) is 17.6. The predicted octanol–water partition coefficient (Wildman–Crippen LogP) is 2.50. The molecular weight excluding hydrogens is 366 g/mol. The minimum absolute atomic E-state index is 0.0475. The van der Waals surface area contributed by atoms with E-state index in [1.165, 1.54) is 5.56 Å². The van der Waals surface area contributed by atoms with E-state index in [1.807, 2.05) is 25.1 Å². The van der Waals surface area contributed by atoms with Crippen molar-refractivity contribution in [1.82, 2.24) is 10.2 Å². The number of ether oxygens (including phenoxy) is 1. The molecule has 152 valence electrons. The summed E-state index contributed by atoms with van der Waals surface area (Å²) >= 11 is 0. The second kappa shape index (κ2) is 8.66. The van der Waals surface area contributed by atoms with Crippen LogP contribution in [0.5, 0.6) is 5.75 Å². The zero-order chi connectivity index (χ0) is 20.2. The van der Waals surface area contributed by atoms with E-state index in [1.54, 1.807) is 11.0 Å². The molecule has 2 aromatic rings. The second-order valence-corrected chi connectivity index (χ2v) is 7.90. The Bertz CT molecular complexity index is 876. The van der Waals surface area contributed by atoms with E-state index in [9.17, 15) is 9.59 Å². The summed E-state index contributed by atoms with van der Waals surface area (Å²) in [6, 6.07) is 16.3. The highest BCUT2D eigenvalue weighted by atomic mass is 16.5. The van der Waals surface area contributed by atoms with Gasteiger partial charge in [-0.25, -0.2) is 4.79 Å². The van der Waals surface area contributed by atoms with Gasteiger partial charge in [0, 0.05) is 25.7 Å². The summed E-state index contributed by atoms with van der Waals surface area (Å²) < 4.78 is 5.29. The maximum absolute atomic E-state index is 12.6. The topological polar surface area (TPSA) is 61.9 Å². The molecule has 0 spiro atoms. The number of carbonyl (C=O) groups is 2. The molecule has 0 bridgehead atoms. The number of nitrogens with zero attached hydrogens (tertiary/aromatic N) is 2. The maximum atomic E-state index is 12.6. The fourth-order valence-corrected chi connectivity index (χ4v) is 4.02. The Labute approximate surface area is 171 Å². The van der Waals surface area contributed by atoms with Crippen LogP contribution in [0.2, 0.25) is 0 Å². The minimum Gasteiger partial charge on any atom is -0.423 e. The van der Waals surface area contributed by atoms with E-state index in [4.69, 9.17) is 4.74 Å². The zero-order valence-corrected chi connectivity index (χ0v) is 16.8. The number of amides is 1. The number of esters is 1. The van der Waals surface area contributed by atoms with E-state index in [0.29, 0.717) is 5.75 Å². The van der Waals surface area contributed by atoms with Gasteiger partial charge in [-0.05, 0) is 43.0 Å². The standard InChI is InChI=1S/C23H27N3O3/c1-17-7-8-21-20(13-17)26(16-23(28)29-21)15-22(27)24-19-9-11-25(12-10-19)14-18-5-3-2-4-6-18/h2-8,13,19H,9-12,14-16H2,1H3,(H,24,27). The lowest BCUT2D eigenvalue weighted by molar-refractivity contribution is -0.133. The first-order chi connectivity index (χ1) is 14.1. The van der Waals surface area contributed by atoms with Crippen LogP contribution in [0.4, 0.5) is 5.69 Å². The lowest BCUT2D eigenvalue weighted by Gasteiger charge is -2.33. The second-order valence-electron chi connectivity index (χ2n) is 7.90. The molecule has 0 radical (unpaired) electrons. The van der Waals surface area contributed by atoms with Crippen molar-refractivity contribution in [3.63, 3.8) is 0 Å². The van der Waals surface area contributed by atoms with E-state index < -0.39 is 0 Å². The molecule has 1 saturated heterocycles. The Kier molecular flexibility index (Phi) is 5.81. The number of fused-ring (bicyclic) bond motifs is 1. The number of aryl methyl sites for hydroxylation is 1. The molecule has 6 heteroatoms.